The molecule has 0 aromatic heterocycles. The maximum absolute atomic E-state index is 11.6. The quantitative estimate of drug-likeness (QED) is 0.295. The molecule has 0 spiro atoms. The molecule has 0 radical (unpaired) electrons. The zero-order valence-electron chi connectivity index (χ0n) is 10.8. The molecule has 0 aliphatic heterocycles. The average molecular weight is 283 g/mol. The van der Waals surface area contributed by atoms with Crippen LogP contribution in [0.15, 0.2) is 46.0 Å². The summed E-state index contributed by atoms with van der Waals surface area (Å²) in [5, 5.41) is 17.1. The van der Waals surface area contributed by atoms with Gasteiger partial charge in [-0.15, -0.1) is 16.7 Å². The number of ether oxygens (including phenoxy) is 1. The molecule has 102 valence electrons. The van der Waals surface area contributed by atoms with Crippen molar-refractivity contribution in [3.05, 3.63) is 41.3 Å². The van der Waals surface area contributed by atoms with Crippen LogP contribution in [-0.2, 0) is 9.53 Å². The number of azo groups is 1. The Hall–Kier alpha value is -1.88. The van der Waals surface area contributed by atoms with E-state index in [1.807, 2.05) is 19.1 Å². The lowest BCUT2D eigenvalue weighted by atomic mass is 10.2. The van der Waals surface area contributed by atoms with Crippen LogP contribution in [0.25, 0.3) is 0 Å². The molecule has 0 unspecified atom stereocenters. The molecule has 0 aliphatic carbocycles. The SMILES string of the molecule is CCOC(=O)/C(N=Nc1ccc(C)cc1)=C(/O)CCl. The second-order valence-electron chi connectivity index (χ2n) is 3.68. The van der Waals surface area contributed by atoms with Gasteiger partial charge in [0.05, 0.1) is 18.2 Å². The molecule has 0 heterocycles. The number of aliphatic hydroxyl groups is 1. The Kier molecular flexibility index (Phi) is 6.02. The van der Waals surface area contributed by atoms with Gasteiger partial charge in [-0.3, -0.25) is 0 Å². The monoisotopic (exact) mass is 282 g/mol. The number of carbonyl (C=O) groups is 1. The molecule has 0 bridgehead atoms. The number of halogens is 1. The summed E-state index contributed by atoms with van der Waals surface area (Å²) in [5.74, 6) is -1.35. The lowest BCUT2D eigenvalue weighted by Gasteiger charge is -2.03. The highest BCUT2D eigenvalue weighted by Crippen LogP contribution is 2.16. The van der Waals surface area contributed by atoms with Crippen LogP contribution in [-0.4, -0.2) is 23.6 Å². The van der Waals surface area contributed by atoms with Gasteiger partial charge >= 0.3 is 5.97 Å². The van der Waals surface area contributed by atoms with E-state index in [9.17, 15) is 9.90 Å². The molecule has 1 N–H and O–H groups in total. The summed E-state index contributed by atoms with van der Waals surface area (Å²) in [7, 11) is 0. The van der Waals surface area contributed by atoms with Gasteiger partial charge in [-0.1, -0.05) is 17.7 Å². The van der Waals surface area contributed by atoms with Crippen molar-refractivity contribution in [2.24, 2.45) is 10.2 Å². The summed E-state index contributed by atoms with van der Waals surface area (Å²) in [5.41, 5.74) is 1.37. The highest BCUT2D eigenvalue weighted by atomic mass is 35.5. The normalized spacial score (nSPS) is 12.4. The zero-order valence-corrected chi connectivity index (χ0v) is 11.5. The smallest absolute Gasteiger partial charge is 0.362 e. The number of aryl methyl sites for hydroxylation is 1. The highest BCUT2D eigenvalue weighted by molar-refractivity contribution is 6.19. The zero-order chi connectivity index (χ0) is 14.3. The van der Waals surface area contributed by atoms with Crippen molar-refractivity contribution >= 4 is 23.3 Å². The summed E-state index contributed by atoms with van der Waals surface area (Å²) in [6.07, 6.45) is 0. The van der Waals surface area contributed by atoms with Crippen LogP contribution in [0, 0.1) is 6.92 Å². The Balaban J connectivity index is 2.95. The van der Waals surface area contributed by atoms with Crippen LogP contribution in [0.3, 0.4) is 0 Å². The Morgan fingerprint density at radius 1 is 1.37 bits per heavy atom. The van der Waals surface area contributed by atoms with Gasteiger partial charge in [-0.25, -0.2) is 4.79 Å². The molecular weight excluding hydrogens is 268 g/mol. The van der Waals surface area contributed by atoms with Crippen molar-refractivity contribution in [3.63, 3.8) is 0 Å². The molecule has 0 amide bonds. The van der Waals surface area contributed by atoms with Crippen molar-refractivity contribution in [1.29, 1.82) is 0 Å². The number of rotatable bonds is 5. The number of hydrogen-bond donors (Lipinski definition) is 1. The maximum atomic E-state index is 11.6. The first-order chi connectivity index (χ1) is 9.08. The van der Waals surface area contributed by atoms with E-state index in [1.54, 1.807) is 19.1 Å². The molecule has 5 nitrogen and oxygen atoms in total. The van der Waals surface area contributed by atoms with Crippen LogP contribution in [0.2, 0.25) is 0 Å². The molecule has 0 fully saturated rings. The van der Waals surface area contributed by atoms with Crippen LogP contribution >= 0.6 is 11.6 Å². The maximum Gasteiger partial charge on any atom is 0.362 e. The Bertz CT molecular complexity index is 495. The predicted octanol–water partition coefficient (Wildman–Crippen LogP) is 3.65. The molecule has 0 atom stereocenters. The summed E-state index contributed by atoms with van der Waals surface area (Å²) >= 11 is 5.48. The van der Waals surface area contributed by atoms with E-state index < -0.39 is 5.97 Å². The van der Waals surface area contributed by atoms with Crippen LogP contribution in [0.4, 0.5) is 5.69 Å². The number of alkyl halides is 1. The number of aliphatic hydroxyl groups excluding tert-OH is 1. The van der Waals surface area contributed by atoms with Crippen molar-refractivity contribution in [1.82, 2.24) is 0 Å². The second-order valence-corrected chi connectivity index (χ2v) is 3.95. The van der Waals surface area contributed by atoms with Crippen molar-refractivity contribution in [2.75, 3.05) is 12.5 Å². The number of allylic oxidation sites excluding steroid dienone is 1. The van der Waals surface area contributed by atoms with E-state index in [0.29, 0.717) is 5.69 Å². The van der Waals surface area contributed by atoms with E-state index in [2.05, 4.69) is 10.2 Å². The Morgan fingerprint density at radius 2 is 2.00 bits per heavy atom. The fraction of sp³-hybridized carbons (Fsp3) is 0.308. The molecule has 0 saturated heterocycles. The van der Waals surface area contributed by atoms with Crippen molar-refractivity contribution < 1.29 is 14.6 Å². The number of carbonyl (C=O) groups excluding carboxylic acids is 1. The van der Waals surface area contributed by atoms with Crippen molar-refractivity contribution in [3.8, 4) is 0 Å². The van der Waals surface area contributed by atoms with Crippen LogP contribution < -0.4 is 0 Å². The highest BCUT2D eigenvalue weighted by Gasteiger charge is 2.15. The summed E-state index contributed by atoms with van der Waals surface area (Å²) in [6.45, 7) is 3.78. The number of benzene rings is 1. The largest absolute Gasteiger partial charge is 0.508 e. The number of hydrogen-bond acceptors (Lipinski definition) is 5. The van der Waals surface area contributed by atoms with Gasteiger partial charge in [0.1, 0.15) is 5.76 Å². The third kappa shape index (κ3) is 4.71. The second kappa shape index (κ2) is 7.53. The molecular formula is C13H15ClN2O3. The van der Waals surface area contributed by atoms with Gasteiger partial charge in [-0.05, 0) is 26.0 Å². The van der Waals surface area contributed by atoms with Gasteiger partial charge in [0.25, 0.3) is 0 Å². The van der Waals surface area contributed by atoms with E-state index in [0.717, 1.165) is 5.56 Å². The molecule has 1 aromatic carbocycles. The number of nitrogens with zero attached hydrogens (tertiary/aromatic N) is 2. The van der Waals surface area contributed by atoms with Gasteiger partial charge in [0, 0.05) is 0 Å². The predicted molar refractivity (Wildman–Crippen MR) is 72.7 cm³/mol. The first kappa shape index (κ1) is 15.2. The summed E-state index contributed by atoms with van der Waals surface area (Å²) in [6, 6.07) is 7.23. The first-order valence-corrected chi connectivity index (χ1v) is 6.25. The first-order valence-electron chi connectivity index (χ1n) is 5.72. The standard InChI is InChI=1S/C13H15ClN2O3/c1-3-19-13(18)12(11(17)8-14)16-15-10-6-4-9(2)5-7-10/h4-7,17H,3,8H2,1-2H3/b12-11-,16-15?. The minimum absolute atomic E-state index is 0.179. The summed E-state index contributed by atoms with van der Waals surface area (Å²) in [4.78, 5) is 11.6. The van der Waals surface area contributed by atoms with Gasteiger partial charge in [-0.2, -0.15) is 5.11 Å². The van der Waals surface area contributed by atoms with E-state index in [1.165, 1.54) is 0 Å². The van der Waals surface area contributed by atoms with E-state index in [4.69, 9.17) is 16.3 Å². The molecule has 1 aromatic rings. The fourth-order valence-electron chi connectivity index (χ4n) is 1.20. The topological polar surface area (TPSA) is 71.2 Å². The van der Waals surface area contributed by atoms with Crippen molar-refractivity contribution in [2.45, 2.75) is 13.8 Å². The van der Waals surface area contributed by atoms with Gasteiger partial charge < -0.3 is 9.84 Å². The van der Waals surface area contributed by atoms with Gasteiger partial charge in [0.2, 0.25) is 5.70 Å². The molecule has 19 heavy (non-hydrogen) atoms. The van der Waals surface area contributed by atoms with Gasteiger partial charge in [0.15, 0.2) is 0 Å². The van der Waals surface area contributed by atoms with Crippen LogP contribution in [0.5, 0.6) is 0 Å². The van der Waals surface area contributed by atoms with Crippen LogP contribution in [0.1, 0.15) is 12.5 Å². The minimum Gasteiger partial charge on any atom is -0.508 e. The molecule has 0 aliphatic rings. The third-order valence-electron chi connectivity index (χ3n) is 2.17. The Labute approximate surface area is 116 Å². The number of esters is 1. The summed E-state index contributed by atoms with van der Waals surface area (Å²) < 4.78 is 4.77. The fourth-order valence-corrected chi connectivity index (χ4v) is 1.32. The molecule has 6 heteroatoms. The van der Waals surface area contributed by atoms with E-state index >= 15 is 0 Å². The molecule has 0 saturated carbocycles. The minimum atomic E-state index is -0.753. The lowest BCUT2D eigenvalue weighted by Crippen LogP contribution is -2.09. The third-order valence-corrected chi connectivity index (χ3v) is 2.42. The molecule has 1 rings (SSSR count). The average Bonchev–Trinajstić information content (AvgIpc) is 2.41. The van der Waals surface area contributed by atoms with E-state index in [-0.39, 0.29) is 23.9 Å². The lowest BCUT2D eigenvalue weighted by molar-refractivity contribution is -0.138. The Morgan fingerprint density at radius 3 is 2.53 bits per heavy atom.